The highest BCUT2D eigenvalue weighted by molar-refractivity contribution is 5.96. The molecule has 4 rings (SSSR count). The zero-order valence-corrected chi connectivity index (χ0v) is 16.7. The predicted molar refractivity (Wildman–Crippen MR) is 116 cm³/mol. The van der Waals surface area contributed by atoms with Crippen molar-refractivity contribution in [2.45, 2.75) is 6.61 Å². The van der Waals surface area contributed by atoms with Crippen molar-refractivity contribution in [1.29, 1.82) is 0 Å². The van der Waals surface area contributed by atoms with Crippen LogP contribution < -0.4 is 5.32 Å². The van der Waals surface area contributed by atoms with Gasteiger partial charge >= 0.3 is 5.97 Å². The van der Waals surface area contributed by atoms with Gasteiger partial charge in [-0.05, 0) is 23.3 Å². The number of ether oxygens (including phenoxy) is 1. The maximum absolute atomic E-state index is 12.3. The van der Waals surface area contributed by atoms with Crippen LogP contribution in [-0.2, 0) is 16.1 Å². The van der Waals surface area contributed by atoms with Crippen LogP contribution in [0.2, 0.25) is 0 Å². The minimum Gasteiger partial charge on any atom is -0.458 e. The second-order valence-electron chi connectivity index (χ2n) is 6.84. The summed E-state index contributed by atoms with van der Waals surface area (Å²) in [6.45, 7) is -0.264. The normalized spacial score (nSPS) is 10.5. The highest BCUT2D eigenvalue weighted by Gasteiger charge is 2.12. The summed E-state index contributed by atoms with van der Waals surface area (Å²) in [6.07, 6.45) is 0. The van der Waals surface area contributed by atoms with Gasteiger partial charge in [-0.15, -0.1) is 0 Å². The highest BCUT2D eigenvalue weighted by atomic mass is 16.5. The van der Waals surface area contributed by atoms with E-state index >= 15 is 0 Å². The number of carbonyl (C=O) groups excluding carboxylic acids is 2. The summed E-state index contributed by atoms with van der Waals surface area (Å²) in [6, 6.07) is 28.3. The zero-order chi connectivity index (χ0) is 21.5. The zero-order valence-electron chi connectivity index (χ0n) is 16.7. The van der Waals surface area contributed by atoms with Crippen LogP contribution in [0.4, 0.5) is 0 Å². The van der Waals surface area contributed by atoms with Crippen molar-refractivity contribution < 1.29 is 18.8 Å². The van der Waals surface area contributed by atoms with Gasteiger partial charge in [0.1, 0.15) is 18.8 Å². The van der Waals surface area contributed by atoms with Gasteiger partial charge in [0, 0.05) is 17.2 Å². The van der Waals surface area contributed by atoms with E-state index in [1.807, 2.05) is 72.8 Å². The molecule has 31 heavy (non-hydrogen) atoms. The Bertz CT molecular complexity index is 1150. The number of rotatable bonds is 7. The van der Waals surface area contributed by atoms with Crippen molar-refractivity contribution >= 4 is 11.9 Å². The molecule has 154 valence electrons. The fourth-order valence-electron chi connectivity index (χ4n) is 3.02. The lowest BCUT2D eigenvalue weighted by Crippen LogP contribution is -2.30. The van der Waals surface area contributed by atoms with E-state index < -0.39 is 5.97 Å². The SMILES string of the molecule is O=C(CNC(=O)c1ccc(-c2ccccc2)cc1)OCc1cc(-c2ccccc2)on1. The summed E-state index contributed by atoms with van der Waals surface area (Å²) < 4.78 is 10.4. The monoisotopic (exact) mass is 412 g/mol. The molecule has 6 heteroatoms. The van der Waals surface area contributed by atoms with Crippen molar-refractivity contribution in [1.82, 2.24) is 10.5 Å². The van der Waals surface area contributed by atoms with Crippen LogP contribution in [0.15, 0.2) is 95.5 Å². The molecule has 0 saturated carbocycles. The molecule has 6 nitrogen and oxygen atoms in total. The van der Waals surface area contributed by atoms with Crippen LogP contribution in [0.25, 0.3) is 22.5 Å². The maximum atomic E-state index is 12.3. The Labute approximate surface area is 179 Å². The van der Waals surface area contributed by atoms with Gasteiger partial charge in [0.2, 0.25) is 0 Å². The average Bonchev–Trinajstić information content (AvgIpc) is 3.31. The number of hydrogen-bond acceptors (Lipinski definition) is 5. The van der Waals surface area contributed by atoms with Crippen molar-refractivity contribution in [2.75, 3.05) is 6.54 Å². The lowest BCUT2D eigenvalue weighted by atomic mass is 10.0. The van der Waals surface area contributed by atoms with E-state index in [2.05, 4.69) is 10.5 Å². The summed E-state index contributed by atoms with van der Waals surface area (Å²) >= 11 is 0. The van der Waals surface area contributed by atoms with Gasteiger partial charge in [0.05, 0.1) is 0 Å². The molecule has 0 radical (unpaired) electrons. The highest BCUT2D eigenvalue weighted by Crippen LogP contribution is 2.20. The third kappa shape index (κ3) is 5.25. The number of aromatic nitrogens is 1. The lowest BCUT2D eigenvalue weighted by Gasteiger charge is -2.07. The summed E-state index contributed by atoms with van der Waals surface area (Å²) in [5.41, 5.74) is 3.94. The Kier molecular flexibility index (Phi) is 6.18. The first-order valence-electron chi connectivity index (χ1n) is 9.79. The molecular formula is C25H20N2O4. The van der Waals surface area contributed by atoms with Crippen LogP contribution in [0.3, 0.4) is 0 Å². The molecule has 0 unspecified atom stereocenters. The number of nitrogens with one attached hydrogen (secondary N) is 1. The molecule has 1 N–H and O–H groups in total. The lowest BCUT2D eigenvalue weighted by molar-refractivity contribution is -0.143. The molecule has 0 atom stereocenters. The van der Waals surface area contributed by atoms with Gasteiger partial charge in [0.25, 0.3) is 5.91 Å². The molecular weight excluding hydrogens is 392 g/mol. The summed E-state index contributed by atoms with van der Waals surface area (Å²) in [4.78, 5) is 24.3. The van der Waals surface area contributed by atoms with Gasteiger partial charge in [-0.2, -0.15) is 0 Å². The summed E-state index contributed by atoms with van der Waals surface area (Å²) in [5, 5.41) is 6.47. The Hall–Kier alpha value is -4.19. The van der Waals surface area contributed by atoms with E-state index in [0.29, 0.717) is 17.0 Å². The fourth-order valence-corrected chi connectivity index (χ4v) is 3.02. The second-order valence-corrected chi connectivity index (χ2v) is 6.84. The Morgan fingerprint density at radius 1 is 0.806 bits per heavy atom. The van der Waals surface area contributed by atoms with Gasteiger partial charge in [-0.1, -0.05) is 78.0 Å². The quantitative estimate of drug-likeness (QED) is 0.453. The number of nitrogens with zero attached hydrogens (tertiary/aromatic N) is 1. The maximum Gasteiger partial charge on any atom is 0.325 e. The molecule has 0 aliphatic carbocycles. The first-order valence-corrected chi connectivity index (χ1v) is 9.79. The van der Waals surface area contributed by atoms with E-state index in [-0.39, 0.29) is 19.1 Å². The standard InChI is InChI=1S/C25H20N2O4/c28-24(30-17-22-15-23(31-27-22)20-9-5-2-6-10-20)16-26-25(29)21-13-11-19(12-14-21)18-7-3-1-4-8-18/h1-15H,16-17H2,(H,26,29). The van der Waals surface area contributed by atoms with Crippen LogP contribution in [0.5, 0.6) is 0 Å². The van der Waals surface area contributed by atoms with Crippen molar-refractivity contribution in [2.24, 2.45) is 0 Å². The van der Waals surface area contributed by atoms with Crippen LogP contribution in [-0.4, -0.2) is 23.6 Å². The topological polar surface area (TPSA) is 81.4 Å². The number of carbonyl (C=O) groups is 2. The Morgan fingerprint density at radius 2 is 1.42 bits per heavy atom. The molecule has 0 bridgehead atoms. The van der Waals surface area contributed by atoms with Crippen molar-refractivity contribution in [3.8, 4) is 22.5 Å². The largest absolute Gasteiger partial charge is 0.458 e. The van der Waals surface area contributed by atoms with Crippen LogP contribution in [0.1, 0.15) is 16.1 Å². The van der Waals surface area contributed by atoms with Crippen LogP contribution in [0, 0.1) is 0 Å². The molecule has 0 spiro atoms. The summed E-state index contributed by atoms with van der Waals surface area (Å²) in [5.74, 6) is -0.304. The van der Waals surface area contributed by atoms with E-state index in [0.717, 1.165) is 16.7 Å². The predicted octanol–water partition coefficient (Wildman–Crippen LogP) is 4.48. The molecule has 1 amide bonds. The van der Waals surface area contributed by atoms with Gasteiger partial charge in [-0.25, -0.2) is 0 Å². The smallest absolute Gasteiger partial charge is 0.325 e. The summed E-state index contributed by atoms with van der Waals surface area (Å²) in [7, 11) is 0. The van der Waals surface area contributed by atoms with Crippen molar-refractivity contribution in [3.63, 3.8) is 0 Å². The molecule has 1 heterocycles. The molecule has 0 aliphatic heterocycles. The van der Waals surface area contributed by atoms with Gasteiger partial charge < -0.3 is 14.6 Å². The number of amides is 1. The number of benzene rings is 3. The molecule has 3 aromatic carbocycles. The third-order valence-corrected chi connectivity index (χ3v) is 4.65. The van der Waals surface area contributed by atoms with Gasteiger partial charge in [0.15, 0.2) is 5.76 Å². The average molecular weight is 412 g/mol. The minimum atomic E-state index is -0.557. The Morgan fingerprint density at radius 3 is 2.10 bits per heavy atom. The minimum absolute atomic E-state index is 0.0309. The van der Waals surface area contributed by atoms with E-state index in [9.17, 15) is 9.59 Å². The first kappa shape index (κ1) is 20.1. The Balaban J connectivity index is 1.25. The fraction of sp³-hybridized carbons (Fsp3) is 0.0800. The van der Waals surface area contributed by atoms with Crippen LogP contribution >= 0.6 is 0 Å². The third-order valence-electron chi connectivity index (χ3n) is 4.65. The van der Waals surface area contributed by atoms with Crippen molar-refractivity contribution in [3.05, 3.63) is 102 Å². The van der Waals surface area contributed by atoms with E-state index in [1.54, 1.807) is 18.2 Å². The molecule has 4 aromatic rings. The second kappa shape index (κ2) is 9.54. The van der Waals surface area contributed by atoms with Gasteiger partial charge in [-0.3, -0.25) is 9.59 Å². The molecule has 1 aromatic heterocycles. The molecule has 0 fully saturated rings. The molecule has 0 saturated heterocycles. The number of hydrogen-bond donors (Lipinski definition) is 1. The van der Waals surface area contributed by atoms with E-state index in [1.165, 1.54) is 0 Å². The molecule has 0 aliphatic rings. The number of esters is 1. The van der Waals surface area contributed by atoms with E-state index in [4.69, 9.17) is 9.26 Å². The first-order chi connectivity index (χ1) is 15.2.